The monoisotopic (exact) mass is 495 g/mol. The number of fused-ring (bicyclic) bond motifs is 1. The average Bonchev–Trinajstić information content (AvgIpc) is 2.76. The molecule has 0 saturated carbocycles. The fourth-order valence-electron chi connectivity index (χ4n) is 4.08. The van der Waals surface area contributed by atoms with Gasteiger partial charge in [0.15, 0.2) is 9.84 Å². The van der Waals surface area contributed by atoms with Crippen LogP contribution in [0.5, 0.6) is 0 Å². The van der Waals surface area contributed by atoms with Crippen molar-refractivity contribution in [1.29, 1.82) is 0 Å². The van der Waals surface area contributed by atoms with Crippen LogP contribution in [0.15, 0.2) is 29.1 Å². The Kier molecular flexibility index (Phi) is 6.28. The van der Waals surface area contributed by atoms with Gasteiger partial charge in [-0.05, 0) is 19.9 Å². The zero-order valence-corrected chi connectivity index (χ0v) is 19.7. The summed E-state index contributed by atoms with van der Waals surface area (Å²) in [5.41, 5.74) is -0.911. The van der Waals surface area contributed by atoms with Crippen molar-refractivity contribution in [3.63, 3.8) is 0 Å². The number of nitrogens with one attached hydrogen (secondary N) is 1. The van der Waals surface area contributed by atoms with Crippen molar-refractivity contribution in [3.05, 3.63) is 57.4 Å². The molecule has 1 saturated heterocycles. The molecule has 4 rings (SSSR count). The molecule has 0 amide bonds. The highest BCUT2D eigenvalue weighted by Gasteiger charge is 2.25. The molecule has 3 heterocycles. The van der Waals surface area contributed by atoms with Gasteiger partial charge in [-0.3, -0.25) is 9.36 Å². The first-order valence-electron chi connectivity index (χ1n) is 10.6. The number of hydrogen-bond donors (Lipinski definition) is 1. The first kappa shape index (κ1) is 24.0. The molecule has 1 fully saturated rings. The molecule has 34 heavy (non-hydrogen) atoms. The summed E-state index contributed by atoms with van der Waals surface area (Å²) in [6.45, 7) is 3.68. The summed E-state index contributed by atoms with van der Waals surface area (Å²) >= 11 is 0. The van der Waals surface area contributed by atoms with Gasteiger partial charge in [0.25, 0.3) is 12.0 Å². The lowest BCUT2D eigenvalue weighted by atomic mass is 10.0. The number of aromatic nitrogens is 3. The molecule has 0 aliphatic carbocycles. The maximum atomic E-state index is 14.7. The van der Waals surface area contributed by atoms with Gasteiger partial charge in [0, 0.05) is 25.7 Å². The summed E-state index contributed by atoms with van der Waals surface area (Å²) in [5.74, 6) is 0.00956. The van der Waals surface area contributed by atoms with Gasteiger partial charge in [0.2, 0.25) is 0 Å². The number of benzene rings is 1. The standard InChI is InChI=1S/C22H24F3N5O3S/c1-12(14-5-4-6-15(18(14)23)20(24)25)26-21-16-11-17(30-7-9-34(32,33)10-8-30)29(3)22(31)19(16)27-13(2)28-21/h4-6,11-12,20H,7-10H2,1-3H3,(H,26,27,28)/t12-/m1/s1. The first-order valence-corrected chi connectivity index (χ1v) is 12.5. The Morgan fingerprint density at radius 3 is 2.41 bits per heavy atom. The van der Waals surface area contributed by atoms with E-state index in [1.807, 2.05) is 0 Å². The number of sulfone groups is 1. The van der Waals surface area contributed by atoms with Crippen LogP contribution in [0.4, 0.5) is 24.8 Å². The van der Waals surface area contributed by atoms with Gasteiger partial charge in [-0.25, -0.2) is 31.6 Å². The molecule has 1 aromatic carbocycles. The predicted molar refractivity (Wildman–Crippen MR) is 124 cm³/mol. The maximum Gasteiger partial charge on any atom is 0.278 e. The minimum Gasteiger partial charge on any atom is -0.363 e. The quantitative estimate of drug-likeness (QED) is 0.581. The van der Waals surface area contributed by atoms with E-state index in [1.54, 1.807) is 31.9 Å². The molecule has 1 atom stereocenters. The van der Waals surface area contributed by atoms with Gasteiger partial charge in [-0.15, -0.1) is 0 Å². The minimum atomic E-state index is -3.12. The van der Waals surface area contributed by atoms with Gasteiger partial charge in [-0.2, -0.15) is 0 Å². The van der Waals surface area contributed by atoms with Crippen molar-refractivity contribution in [2.75, 3.05) is 34.8 Å². The highest BCUT2D eigenvalue weighted by atomic mass is 32.2. The molecule has 182 valence electrons. The molecule has 12 heteroatoms. The normalized spacial score (nSPS) is 16.7. The molecule has 2 aromatic heterocycles. The molecule has 0 bridgehead atoms. The molecule has 8 nitrogen and oxygen atoms in total. The van der Waals surface area contributed by atoms with Crippen molar-refractivity contribution in [2.45, 2.75) is 26.3 Å². The van der Waals surface area contributed by atoms with Crippen LogP contribution >= 0.6 is 0 Å². The minimum absolute atomic E-state index is 0.0223. The van der Waals surface area contributed by atoms with E-state index in [1.165, 1.54) is 16.7 Å². The lowest BCUT2D eigenvalue weighted by Crippen LogP contribution is -2.42. The van der Waals surface area contributed by atoms with E-state index in [2.05, 4.69) is 15.3 Å². The van der Waals surface area contributed by atoms with Crippen LogP contribution in [0, 0.1) is 12.7 Å². The SMILES string of the molecule is Cc1nc(N[C@H](C)c2cccc(C(F)F)c2F)c2cc(N3CCS(=O)(=O)CC3)n(C)c(=O)c2n1. The Hall–Kier alpha value is -3.15. The number of nitrogens with zero attached hydrogens (tertiary/aromatic N) is 4. The zero-order valence-electron chi connectivity index (χ0n) is 18.8. The smallest absolute Gasteiger partial charge is 0.278 e. The van der Waals surface area contributed by atoms with E-state index in [4.69, 9.17) is 0 Å². The maximum absolute atomic E-state index is 14.7. The second kappa shape index (κ2) is 8.90. The number of anilines is 2. The van der Waals surface area contributed by atoms with Crippen molar-refractivity contribution in [3.8, 4) is 0 Å². The Morgan fingerprint density at radius 2 is 1.76 bits per heavy atom. The third kappa shape index (κ3) is 4.46. The van der Waals surface area contributed by atoms with Gasteiger partial charge < -0.3 is 10.2 Å². The molecular weight excluding hydrogens is 471 g/mol. The molecule has 0 unspecified atom stereocenters. The number of hydrogen-bond acceptors (Lipinski definition) is 7. The van der Waals surface area contributed by atoms with Crippen molar-refractivity contribution >= 4 is 32.4 Å². The van der Waals surface area contributed by atoms with Crippen LogP contribution in [-0.2, 0) is 16.9 Å². The van der Waals surface area contributed by atoms with Gasteiger partial charge in [0.1, 0.15) is 28.8 Å². The Labute approximate surface area is 194 Å². The highest BCUT2D eigenvalue weighted by molar-refractivity contribution is 7.91. The summed E-state index contributed by atoms with van der Waals surface area (Å²) in [6, 6.07) is 4.75. The van der Waals surface area contributed by atoms with Gasteiger partial charge in [-0.1, -0.05) is 18.2 Å². The highest BCUT2D eigenvalue weighted by Crippen LogP contribution is 2.31. The van der Waals surface area contributed by atoms with Gasteiger partial charge >= 0.3 is 0 Å². The lowest BCUT2D eigenvalue weighted by Gasteiger charge is -2.30. The Bertz CT molecular complexity index is 1410. The molecule has 1 aliphatic heterocycles. The fourth-order valence-corrected chi connectivity index (χ4v) is 5.28. The second-order valence-electron chi connectivity index (χ2n) is 8.30. The number of rotatable bonds is 5. The van der Waals surface area contributed by atoms with Crippen LogP contribution in [-0.4, -0.2) is 47.5 Å². The third-order valence-corrected chi connectivity index (χ3v) is 7.57. The second-order valence-corrected chi connectivity index (χ2v) is 10.6. The number of halogens is 3. The molecule has 1 aliphatic rings. The summed E-state index contributed by atoms with van der Waals surface area (Å²) in [6.07, 6.45) is -2.95. The average molecular weight is 496 g/mol. The van der Waals surface area contributed by atoms with Crippen molar-refractivity contribution < 1.29 is 21.6 Å². The molecular formula is C22H24F3N5O3S. The number of pyridine rings is 1. The largest absolute Gasteiger partial charge is 0.363 e. The summed E-state index contributed by atoms with van der Waals surface area (Å²) < 4.78 is 66.1. The van der Waals surface area contributed by atoms with Crippen LogP contribution < -0.4 is 15.8 Å². The van der Waals surface area contributed by atoms with E-state index < -0.39 is 39.2 Å². The topological polar surface area (TPSA) is 97.2 Å². The summed E-state index contributed by atoms with van der Waals surface area (Å²) in [4.78, 5) is 23.6. The molecule has 0 spiro atoms. The Balaban J connectivity index is 1.78. The van der Waals surface area contributed by atoms with Gasteiger partial charge in [0.05, 0.1) is 28.5 Å². The number of aryl methyl sites for hydroxylation is 1. The van der Waals surface area contributed by atoms with Crippen LogP contribution in [0.2, 0.25) is 0 Å². The Morgan fingerprint density at radius 1 is 1.12 bits per heavy atom. The van der Waals surface area contributed by atoms with E-state index in [0.29, 0.717) is 17.0 Å². The van der Waals surface area contributed by atoms with Crippen molar-refractivity contribution in [1.82, 2.24) is 14.5 Å². The van der Waals surface area contributed by atoms with E-state index in [9.17, 15) is 26.4 Å². The molecule has 3 aromatic rings. The number of alkyl halides is 2. The van der Waals surface area contributed by atoms with E-state index >= 15 is 0 Å². The van der Waals surface area contributed by atoms with Crippen LogP contribution in [0.1, 0.15) is 36.3 Å². The van der Waals surface area contributed by atoms with Crippen LogP contribution in [0.25, 0.3) is 10.9 Å². The van der Waals surface area contributed by atoms with E-state index in [-0.39, 0.29) is 41.5 Å². The predicted octanol–water partition coefficient (Wildman–Crippen LogP) is 3.12. The lowest BCUT2D eigenvalue weighted by molar-refractivity contribution is 0.146. The zero-order chi connectivity index (χ0) is 24.8. The van der Waals surface area contributed by atoms with Crippen molar-refractivity contribution in [2.24, 2.45) is 7.05 Å². The summed E-state index contributed by atoms with van der Waals surface area (Å²) in [7, 11) is -1.54. The van der Waals surface area contributed by atoms with E-state index in [0.717, 1.165) is 6.07 Å². The third-order valence-electron chi connectivity index (χ3n) is 5.96. The fraction of sp³-hybridized carbons (Fsp3) is 0.409. The first-order chi connectivity index (χ1) is 16.0. The molecule has 0 radical (unpaired) electrons. The molecule has 1 N–H and O–H groups in total. The summed E-state index contributed by atoms with van der Waals surface area (Å²) in [5, 5.41) is 3.41. The van der Waals surface area contributed by atoms with Crippen LogP contribution in [0.3, 0.4) is 0 Å².